The number of nitrogens with one attached hydrogen (secondary N) is 1. The molecule has 0 aliphatic carbocycles. The second-order valence-corrected chi connectivity index (χ2v) is 3.05. The van der Waals surface area contributed by atoms with Crippen molar-refractivity contribution < 1.29 is 9.50 Å². The Morgan fingerprint density at radius 3 is 2.73 bits per heavy atom. The molecule has 1 heterocycles. The van der Waals surface area contributed by atoms with Gasteiger partial charge < -0.3 is 10.4 Å². The fourth-order valence-corrected chi connectivity index (χ4v) is 1.28. The maximum absolute atomic E-state index is 13.4. The Balaban J connectivity index is 0.000001000. The van der Waals surface area contributed by atoms with Gasteiger partial charge in [0, 0.05) is 12.5 Å². The van der Waals surface area contributed by atoms with Crippen LogP contribution in [0.25, 0.3) is 0 Å². The van der Waals surface area contributed by atoms with Crippen molar-refractivity contribution in [2.45, 2.75) is 19.0 Å². The van der Waals surface area contributed by atoms with Gasteiger partial charge in [0.25, 0.3) is 0 Å². The third kappa shape index (κ3) is 2.29. The lowest BCUT2D eigenvalue weighted by atomic mass is 9.85. The first-order valence-electron chi connectivity index (χ1n) is 3.69. The van der Waals surface area contributed by atoms with Gasteiger partial charge >= 0.3 is 0 Å². The van der Waals surface area contributed by atoms with E-state index in [4.69, 9.17) is 5.11 Å². The highest BCUT2D eigenvalue weighted by Gasteiger charge is 2.37. The van der Waals surface area contributed by atoms with Gasteiger partial charge in [-0.2, -0.15) is 0 Å². The first-order chi connectivity index (χ1) is 4.69. The maximum Gasteiger partial charge on any atom is 0.138 e. The average molecular weight is 184 g/mol. The molecule has 1 fully saturated rings. The van der Waals surface area contributed by atoms with E-state index in [0.717, 1.165) is 0 Å². The largest absolute Gasteiger partial charge is 0.393 e. The lowest BCUT2D eigenvalue weighted by molar-refractivity contribution is 0.000515. The zero-order valence-corrected chi connectivity index (χ0v) is 7.46. The molecule has 1 saturated heterocycles. The molecule has 2 atom stereocenters. The lowest BCUT2D eigenvalue weighted by Gasteiger charge is -2.34. The van der Waals surface area contributed by atoms with Gasteiger partial charge in [0.15, 0.2) is 0 Å². The molecule has 0 radical (unpaired) electrons. The van der Waals surface area contributed by atoms with Gasteiger partial charge in [-0.05, 0) is 13.0 Å². The summed E-state index contributed by atoms with van der Waals surface area (Å²) in [6.45, 7) is 2.84. The van der Waals surface area contributed by atoms with Crippen LogP contribution in [0.3, 0.4) is 0 Å². The molecule has 1 rings (SSSR count). The van der Waals surface area contributed by atoms with Crippen molar-refractivity contribution in [3.63, 3.8) is 0 Å². The van der Waals surface area contributed by atoms with Crippen LogP contribution >= 0.6 is 12.4 Å². The standard InChI is InChI=1S/C7H14FNO.ClH/c1-6-4-9-3-2-7(6,8)5-10;/h6,9-10H,2-5H2,1H3;1H. The highest BCUT2D eigenvalue weighted by Crippen LogP contribution is 2.27. The molecule has 68 valence electrons. The minimum Gasteiger partial charge on any atom is -0.393 e. The van der Waals surface area contributed by atoms with Gasteiger partial charge in [0.2, 0.25) is 0 Å². The van der Waals surface area contributed by atoms with Crippen LogP contribution in [0.1, 0.15) is 13.3 Å². The minimum absolute atomic E-state index is 0. The molecule has 1 aliphatic rings. The molecule has 1 aliphatic heterocycles. The maximum atomic E-state index is 13.4. The molecule has 0 amide bonds. The quantitative estimate of drug-likeness (QED) is 0.629. The summed E-state index contributed by atoms with van der Waals surface area (Å²) in [5, 5.41) is 11.8. The topological polar surface area (TPSA) is 32.3 Å². The van der Waals surface area contributed by atoms with Crippen LogP contribution in [0, 0.1) is 5.92 Å². The normalized spacial score (nSPS) is 37.9. The van der Waals surface area contributed by atoms with Crippen LogP contribution in [0.2, 0.25) is 0 Å². The third-order valence-corrected chi connectivity index (χ3v) is 2.31. The van der Waals surface area contributed by atoms with Crippen LogP contribution in [0.5, 0.6) is 0 Å². The summed E-state index contributed by atoms with van der Waals surface area (Å²) < 4.78 is 13.4. The van der Waals surface area contributed by atoms with Crippen LogP contribution in [-0.4, -0.2) is 30.5 Å². The molecule has 11 heavy (non-hydrogen) atoms. The van der Waals surface area contributed by atoms with Crippen LogP contribution < -0.4 is 5.32 Å². The van der Waals surface area contributed by atoms with Crippen molar-refractivity contribution >= 4 is 12.4 Å². The average Bonchev–Trinajstić information content (AvgIpc) is 1.96. The predicted octanol–water partition coefficient (Wildman–Crippen LogP) is 0.738. The highest BCUT2D eigenvalue weighted by atomic mass is 35.5. The van der Waals surface area contributed by atoms with Crippen molar-refractivity contribution in [2.75, 3.05) is 19.7 Å². The van der Waals surface area contributed by atoms with Crippen molar-refractivity contribution in [3.8, 4) is 0 Å². The van der Waals surface area contributed by atoms with Crippen molar-refractivity contribution in [3.05, 3.63) is 0 Å². The first kappa shape index (κ1) is 11.1. The van der Waals surface area contributed by atoms with Gasteiger partial charge in [0.05, 0.1) is 6.61 Å². The summed E-state index contributed by atoms with van der Waals surface area (Å²) in [5.74, 6) is -0.0637. The van der Waals surface area contributed by atoms with Crippen LogP contribution in [-0.2, 0) is 0 Å². The Morgan fingerprint density at radius 2 is 2.36 bits per heavy atom. The second kappa shape index (κ2) is 4.24. The van der Waals surface area contributed by atoms with E-state index in [-0.39, 0.29) is 24.9 Å². The predicted molar refractivity (Wildman–Crippen MR) is 44.8 cm³/mol. The molecular formula is C7H15ClFNO. The summed E-state index contributed by atoms with van der Waals surface area (Å²) in [4.78, 5) is 0. The highest BCUT2D eigenvalue weighted by molar-refractivity contribution is 5.85. The van der Waals surface area contributed by atoms with Gasteiger partial charge in [-0.3, -0.25) is 0 Å². The minimum atomic E-state index is -1.33. The number of hydrogen-bond donors (Lipinski definition) is 2. The molecule has 2 N–H and O–H groups in total. The molecular weight excluding hydrogens is 169 g/mol. The number of halogens is 2. The Kier molecular flexibility index (Phi) is 4.29. The van der Waals surface area contributed by atoms with E-state index in [1.54, 1.807) is 0 Å². The number of rotatable bonds is 1. The Bertz CT molecular complexity index is 125. The smallest absolute Gasteiger partial charge is 0.138 e. The Morgan fingerprint density at radius 1 is 1.73 bits per heavy atom. The number of aliphatic hydroxyl groups excluding tert-OH is 1. The number of piperidine rings is 1. The summed E-state index contributed by atoms with van der Waals surface area (Å²) in [6, 6.07) is 0. The molecule has 0 aromatic rings. The zero-order chi connectivity index (χ0) is 7.61. The molecule has 4 heteroatoms. The molecule has 2 unspecified atom stereocenters. The summed E-state index contributed by atoms with van der Waals surface area (Å²) in [6.07, 6.45) is 0.435. The summed E-state index contributed by atoms with van der Waals surface area (Å²) >= 11 is 0. The fourth-order valence-electron chi connectivity index (χ4n) is 1.28. The van der Waals surface area contributed by atoms with Crippen molar-refractivity contribution in [2.24, 2.45) is 5.92 Å². The van der Waals surface area contributed by atoms with Gasteiger partial charge in [-0.15, -0.1) is 12.4 Å². The van der Waals surface area contributed by atoms with E-state index in [1.165, 1.54) is 0 Å². The number of alkyl halides is 1. The van der Waals surface area contributed by atoms with Crippen LogP contribution in [0.4, 0.5) is 4.39 Å². The lowest BCUT2D eigenvalue weighted by Crippen LogP contribution is -2.48. The zero-order valence-electron chi connectivity index (χ0n) is 6.64. The van der Waals surface area contributed by atoms with E-state index < -0.39 is 5.67 Å². The fraction of sp³-hybridized carbons (Fsp3) is 1.00. The van der Waals surface area contributed by atoms with Gasteiger partial charge in [-0.1, -0.05) is 6.92 Å². The van der Waals surface area contributed by atoms with E-state index in [1.807, 2.05) is 6.92 Å². The second-order valence-electron chi connectivity index (χ2n) is 3.05. The van der Waals surface area contributed by atoms with Gasteiger partial charge in [0.1, 0.15) is 5.67 Å². The van der Waals surface area contributed by atoms with E-state index in [9.17, 15) is 4.39 Å². The monoisotopic (exact) mass is 183 g/mol. The van der Waals surface area contributed by atoms with Crippen LogP contribution in [0.15, 0.2) is 0 Å². The van der Waals surface area contributed by atoms with E-state index in [2.05, 4.69) is 5.32 Å². The molecule has 0 saturated carbocycles. The molecule has 0 aromatic heterocycles. The first-order valence-corrected chi connectivity index (χ1v) is 3.69. The van der Waals surface area contributed by atoms with Gasteiger partial charge in [-0.25, -0.2) is 4.39 Å². The number of aliphatic hydroxyl groups is 1. The molecule has 0 spiro atoms. The Labute approximate surface area is 72.6 Å². The Hall–Kier alpha value is 0.140. The SMILES string of the molecule is CC1CNCCC1(F)CO.Cl. The molecule has 0 bridgehead atoms. The van der Waals surface area contributed by atoms with E-state index >= 15 is 0 Å². The summed E-state index contributed by atoms with van der Waals surface area (Å²) in [5.41, 5.74) is -1.33. The van der Waals surface area contributed by atoms with Crippen molar-refractivity contribution in [1.29, 1.82) is 0 Å². The number of hydrogen-bond acceptors (Lipinski definition) is 2. The molecule has 2 nitrogen and oxygen atoms in total. The van der Waals surface area contributed by atoms with Crippen molar-refractivity contribution in [1.82, 2.24) is 5.32 Å². The third-order valence-electron chi connectivity index (χ3n) is 2.31. The molecule has 0 aromatic carbocycles. The summed E-state index contributed by atoms with van der Waals surface area (Å²) in [7, 11) is 0. The van der Waals surface area contributed by atoms with E-state index in [0.29, 0.717) is 19.5 Å².